The Balaban J connectivity index is 2.50. The summed E-state index contributed by atoms with van der Waals surface area (Å²) in [6.07, 6.45) is 0. The van der Waals surface area contributed by atoms with Gasteiger partial charge in [-0.25, -0.2) is 0 Å². The molecule has 1 heterocycles. The van der Waals surface area contributed by atoms with Crippen molar-refractivity contribution in [3.63, 3.8) is 0 Å². The molecule has 0 amide bonds. The van der Waals surface area contributed by atoms with Crippen LogP contribution in [0.4, 0.5) is 0 Å². The molecule has 0 aromatic heterocycles. The van der Waals surface area contributed by atoms with Crippen molar-refractivity contribution in [2.45, 2.75) is 25.5 Å². The molecule has 0 radical (unpaired) electrons. The van der Waals surface area contributed by atoms with Gasteiger partial charge in [-0.2, -0.15) is 0 Å². The lowest BCUT2D eigenvalue weighted by Crippen LogP contribution is -2.56. The molecule has 1 atom stereocenters. The molecule has 80 valence electrons. The van der Waals surface area contributed by atoms with Crippen molar-refractivity contribution in [1.82, 2.24) is 5.32 Å². The van der Waals surface area contributed by atoms with Gasteiger partial charge < -0.3 is 10.1 Å². The van der Waals surface area contributed by atoms with Crippen LogP contribution in [0, 0.1) is 0 Å². The lowest BCUT2D eigenvalue weighted by molar-refractivity contribution is 0.0425. The molecule has 15 heavy (non-hydrogen) atoms. The first-order chi connectivity index (χ1) is 7.06. The molecule has 1 N–H and O–H groups in total. The summed E-state index contributed by atoms with van der Waals surface area (Å²) in [4.78, 5) is 12.1. The zero-order chi connectivity index (χ0) is 11.1. The number of Topliss-reactive ketones (excluding diaryl/α,β-unsaturated/α-hetero) is 1. The summed E-state index contributed by atoms with van der Waals surface area (Å²) < 4.78 is 5.81. The summed E-state index contributed by atoms with van der Waals surface area (Å²) in [5.74, 6) is 0.781. The number of hydrogen-bond donors (Lipinski definition) is 1. The van der Waals surface area contributed by atoms with E-state index in [1.54, 1.807) is 13.1 Å². The van der Waals surface area contributed by atoms with E-state index in [0.29, 0.717) is 11.3 Å². The number of nitrogens with one attached hydrogen (secondary N) is 1. The molecule has 0 fully saturated rings. The average molecular weight is 205 g/mol. The Bertz CT molecular complexity index is 398. The fourth-order valence-corrected chi connectivity index (χ4v) is 2.05. The Kier molecular flexibility index (Phi) is 2.27. The van der Waals surface area contributed by atoms with Crippen LogP contribution in [0.5, 0.6) is 5.75 Å². The minimum Gasteiger partial charge on any atom is -0.485 e. The molecule has 0 aliphatic carbocycles. The topological polar surface area (TPSA) is 38.3 Å². The first kappa shape index (κ1) is 10.2. The summed E-state index contributed by atoms with van der Waals surface area (Å²) in [5, 5.41) is 3.01. The van der Waals surface area contributed by atoms with E-state index in [9.17, 15) is 4.79 Å². The molecule has 1 aromatic carbocycles. The van der Waals surface area contributed by atoms with Gasteiger partial charge in [0.15, 0.2) is 5.78 Å². The summed E-state index contributed by atoms with van der Waals surface area (Å²) in [5.41, 5.74) is 0.163. The largest absolute Gasteiger partial charge is 0.485 e. The molecule has 0 spiro atoms. The maximum absolute atomic E-state index is 12.1. The zero-order valence-corrected chi connectivity index (χ0v) is 9.20. The van der Waals surface area contributed by atoms with Crippen LogP contribution >= 0.6 is 0 Å². The van der Waals surface area contributed by atoms with Gasteiger partial charge in [0.2, 0.25) is 0 Å². The lowest BCUT2D eigenvalue weighted by atomic mass is 9.87. The van der Waals surface area contributed by atoms with Crippen molar-refractivity contribution < 1.29 is 9.53 Å². The third-order valence-corrected chi connectivity index (χ3v) is 2.77. The maximum atomic E-state index is 12.1. The molecule has 1 unspecified atom stereocenters. The predicted octanol–water partition coefficient (Wildman–Crippen LogP) is 1.63. The predicted molar refractivity (Wildman–Crippen MR) is 58.3 cm³/mol. The molecule has 3 nitrogen and oxygen atoms in total. The Morgan fingerprint density at radius 2 is 2.00 bits per heavy atom. The number of carbonyl (C=O) groups excluding carboxylic acids is 1. The van der Waals surface area contributed by atoms with Gasteiger partial charge in [0.1, 0.15) is 17.4 Å². The Hall–Kier alpha value is -1.35. The fourth-order valence-electron chi connectivity index (χ4n) is 2.05. The van der Waals surface area contributed by atoms with Crippen LogP contribution in [-0.2, 0) is 0 Å². The van der Waals surface area contributed by atoms with Gasteiger partial charge in [0, 0.05) is 0 Å². The van der Waals surface area contributed by atoms with Crippen LogP contribution < -0.4 is 10.1 Å². The van der Waals surface area contributed by atoms with Gasteiger partial charge in [-0.3, -0.25) is 4.79 Å². The number of benzene rings is 1. The second-order valence-electron chi connectivity index (χ2n) is 4.29. The molecule has 0 saturated carbocycles. The second-order valence-corrected chi connectivity index (χ2v) is 4.29. The fraction of sp³-hybridized carbons (Fsp3) is 0.417. The quantitative estimate of drug-likeness (QED) is 0.757. The highest BCUT2D eigenvalue weighted by molar-refractivity contribution is 6.04. The number of hydrogen-bond acceptors (Lipinski definition) is 3. The first-order valence-corrected chi connectivity index (χ1v) is 5.06. The van der Waals surface area contributed by atoms with Gasteiger partial charge in [0.25, 0.3) is 0 Å². The van der Waals surface area contributed by atoms with E-state index < -0.39 is 5.60 Å². The van der Waals surface area contributed by atoms with Gasteiger partial charge in [-0.1, -0.05) is 12.1 Å². The van der Waals surface area contributed by atoms with E-state index >= 15 is 0 Å². The van der Waals surface area contributed by atoms with E-state index in [1.165, 1.54) is 0 Å². The van der Waals surface area contributed by atoms with Gasteiger partial charge in [-0.15, -0.1) is 0 Å². The summed E-state index contributed by atoms with van der Waals surface area (Å²) in [7, 11) is 1.78. The number of ether oxygens (including phenoxy) is 1. The van der Waals surface area contributed by atoms with Crippen LogP contribution in [0.25, 0.3) is 0 Å². The van der Waals surface area contributed by atoms with Crippen LogP contribution in [-0.4, -0.2) is 24.5 Å². The van der Waals surface area contributed by atoms with Gasteiger partial charge >= 0.3 is 0 Å². The maximum Gasteiger partial charge on any atom is 0.187 e. The van der Waals surface area contributed by atoms with Crippen molar-refractivity contribution in [2.75, 3.05) is 7.05 Å². The third kappa shape index (κ3) is 1.53. The molecular weight excluding hydrogens is 190 g/mol. The smallest absolute Gasteiger partial charge is 0.187 e. The van der Waals surface area contributed by atoms with E-state index in [1.807, 2.05) is 32.0 Å². The zero-order valence-electron chi connectivity index (χ0n) is 9.20. The van der Waals surface area contributed by atoms with Crippen LogP contribution in [0.3, 0.4) is 0 Å². The number of likely N-dealkylation sites (N-methyl/N-ethyl adjacent to an activating group) is 1. The highest BCUT2D eigenvalue weighted by atomic mass is 16.5. The van der Waals surface area contributed by atoms with Crippen molar-refractivity contribution in [2.24, 2.45) is 0 Å². The number of carbonyl (C=O) groups is 1. The SMILES string of the molecule is CNC1C(=O)c2ccccc2OC1(C)C. The van der Waals surface area contributed by atoms with Crippen LogP contribution in [0.2, 0.25) is 0 Å². The Morgan fingerprint density at radius 1 is 1.33 bits per heavy atom. The minimum atomic E-state index is -0.500. The van der Waals surface area contributed by atoms with Crippen molar-refractivity contribution in [3.8, 4) is 5.75 Å². The summed E-state index contributed by atoms with van der Waals surface area (Å²) >= 11 is 0. The third-order valence-electron chi connectivity index (χ3n) is 2.77. The first-order valence-electron chi connectivity index (χ1n) is 5.06. The van der Waals surface area contributed by atoms with Crippen molar-refractivity contribution >= 4 is 5.78 Å². The van der Waals surface area contributed by atoms with Gasteiger partial charge in [-0.05, 0) is 33.0 Å². The average Bonchev–Trinajstić information content (AvgIpc) is 2.17. The second kappa shape index (κ2) is 3.35. The molecular formula is C12H15NO2. The van der Waals surface area contributed by atoms with E-state index in [0.717, 1.165) is 0 Å². The van der Waals surface area contributed by atoms with Gasteiger partial charge in [0.05, 0.1) is 5.56 Å². The van der Waals surface area contributed by atoms with E-state index in [-0.39, 0.29) is 11.8 Å². The number of rotatable bonds is 1. The Labute approximate surface area is 89.4 Å². The summed E-state index contributed by atoms with van der Waals surface area (Å²) in [6, 6.07) is 7.08. The minimum absolute atomic E-state index is 0.101. The highest BCUT2D eigenvalue weighted by Crippen LogP contribution is 2.32. The standard InChI is InChI=1S/C12H15NO2/c1-12(2)11(13-3)10(14)8-6-4-5-7-9(8)15-12/h4-7,11,13H,1-3H3. The molecule has 0 saturated heterocycles. The molecule has 0 bridgehead atoms. The molecule has 1 aliphatic rings. The van der Waals surface area contributed by atoms with Crippen molar-refractivity contribution in [1.29, 1.82) is 0 Å². The molecule has 3 heteroatoms. The number of fused-ring (bicyclic) bond motifs is 1. The molecule has 1 aromatic rings. The molecule has 2 rings (SSSR count). The Morgan fingerprint density at radius 3 is 2.67 bits per heavy atom. The van der Waals surface area contributed by atoms with Crippen molar-refractivity contribution in [3.05, 3.63) is 29.8 Å². The van der Waals surface area contributed by atoms with Crippen LogP contribution in [0.15, 0.2) is 24.3 Å². The molecule has 1 aliphatic heterocycles. The van der Waals surface area contributed by atoms with Crippen LogP contribution in [0.1, 0.15) is 24.2 Å². The monoisotopic (exact) mass is 205 g/mol. The lowest BCUT2D eigenvalue weighted by Gasteiger charge is -2.38. The number of ketones is 1. The van der Waals surface area contributed by atoms with E-state index in [4.69, 9.17) is 4.74 Å². The number of para-hydroxylation sites is 1. The highest BCUT2D eigenvalue weighted by Gasteiger charge is 2.41. The normalized spacial score (nSPS) is 23.1. The van der Waals surface area contributed by atoms with E-state index in [2.05, 4.69) is 5.32 Å². The summed E-state index contributed by atoms with van der Waals surface area (Å²) in [6.45, 7) is 3.84.